The number of carbonyl (C=O) groups excluding carboxylic acids is 1. The van der Waals surface area contributed by atoms with Crippen molar-refractivity contribution in [1.29, 1.82) is 5.41 Å². The number of anilines is 1. The zero-order valence-corrected chi connectivity index (χ0v) is 15.0. The van der Waals surface area contributed by atoms with Crippen molar-refractivity contribution in [1.82, 2.24) is 11.0 Å². The molecular weight excluding hydrogens is 354 g/mol. The van der Waals surface area contributed by atoms with Crippen molar-refractivity contribution in [3.8, 4) is 0 Å². The van der Waals surface area contributed by atoms with Crippen LogP contribution in [0.1, 0.15) is 24.0 Å². The Morgan fingerprint density at radius 3 is 2.85 bits per heavy atom. The van der Waals surface area contributed by atoms with Crippen LogP contribution in [0.4, 0.5) is 5.69 Å². The van der Waals surface area contributed by atoms with E-state index in [9.17, 15) is 9.90 Å². The van der Waals surface area contributed by atoms with Crippen molar-refractivity contribution >= 4 is 34.6 Å². The highest BCUT2D eigenvalue weighted by molar-refractivity contribution is 6.60. The second-order valence-electron chi connectivity index (χ2n) is 5.67. The molecular formula is C18H22ClN5O2. The number of aliphatic hydroxyl groups is 1. The molecule has 1 amide bonds. The van der Waals surface area contributed by atoms with Crippen molar-refractivity contribution in [3.05, 3.63) is 58.7 Å². The molecule has 0 saturated heterocycles. The van der Waals surface area contributed by atoms with Crippen LogP contribution < -0.4 is 22.1 Å². The molecule has 1 aromatic rings. The molecule has 7 N–H and O–H groups in total. The van der Waals surface area contributed by atoms with Crippen LogP contribution in [0.15, 0.2) is 47.5 Å². The number of rotatable bonds is 8. The zero-order chi connectivity index (χ0) is 19.1. The van der Waals surface area contributed by atoms with Gasteiger partial charge in [0.05, 0.1) is 10.7 Å². The molecule has 0 heterocycles. The van der Waals surface area contributed by atoms with Crippen LogP contribution in [-0.4, -0.2) is 23.3 Å². The average Bonchev–Trinajstić information content (AvgIpc) is 2.63. The fraction of sp³-hybridized carbons (Fsp3) is 0.222. The third-order valence-electron chi connectivity index (χ3n) is 4.03. The highest BCUT2D eigenvalue weighted by atomic mass is 35.5. The molecule has 0 spiro atoms. The summed E-state index contributed by atoms with van der Waals surface area (Å²) in [6.07, 6.45) is 4.98. The quantitative estimate of drug-likeness (QED) is 0.179. The topological polar surface area (TPSA) is 123 Å². The van der Waals surface area contributed by atoms with Gasteiger partial charge in [0.25, 0.3) is 5.91 Å². The number of amides is 1. The van der Waals surface area contributed by atoms with E-state index in [0.29, 0.717) is 12.1 Å². The molecule has 8 heteroatoms. The molecule has 0 aromatic heterocycles. The lowest BCUT2D eigenvalue weighted by Gasteiger charge is -2.24. The van der Waals surface area contributed by atoms with E-state index in [0.717, 1.165) is 35.2 Å². The summed E-state index contributed by atoms with van der Waals surface area (Å²) < 4.78 is 0. The molecule has 7 nitrogen and oxygen atoms in total. The largest absolute Gasteiger partial charge is 0.396 e. The van der Waals surface area contributed by atoms with Crippen LogP contribution in [-0.2, 0) is 11.2 Å². The number of fused-ring (bicyclic) bond motifs is 1. The van der Waals surface area contributed by atoms with Crippen LogP contribution in [0.25, 0.3) is 5.70 Å². The van der Waals surface area contributed by atoms with Gasteiger partial charge in [0.2, 0.25) is 0 Å². The van der Waals surface area contributed by atoms with Crippen LogP contribution in [0.5, 0.6) is 0 Å². The summed E-state index contributed by atoms with van der Waals surface area (Å²) in [5.74, 6) is 4.79. The molecule has 0 saturated carbocycles. The van der Waals surface area contributed by atoms with E-state index in [1.165, 1.54) is 12.2 Å². The van der Waals surface area contributed by atoms with Gasteiger partial charge in [0, 0.05) is 17.9 Å². The van der Waals surface area contributed by atoms with E-state index in [1.807, 2.05) is 12.1 Å². The minimum absolute atomic E-state index is 0.00951. The van der Waals surface area contributed by atoms with Gasteiger partial charge in [0.1, 0.15) is 5.71 Å². The van der Waals surface area contributed by atoms with Crippen LogP contribution >= 0.6 is 11.6 Å². The van der Waals surface area contributed by atoms with Crippen LogP contribution in [0, 0.1) is 5.41 Å². The first-order valence-electron chi connectivity index (χ1n) is 8.08. The highest BCUT2D eigenvalue weighted by Crippen LogP contribution is 2.32. The number of halogens is 1. The van der Waals surface area contributed by atoms with Crippen LogP contribution in [0.3, 0.4) is 0 Å². The van der Waals surface area contributed by atoms with Crippen molar-refractivity contribution in [2.24, 2.45) is 5.84 Å². The first-order chi connectivity index (χ1) is 12.5. The smallest absolute Gasteiger partial charge is 0.275 e. The average molecular weight is 376 g/mol. The van der Waals surface area contributed by atoms with Gasteiger partial charge in [0.15, 0.2) is 0 Å². The Morgan fingerprint density at radius 1 is 1.42 bits per heavy atom. The molecule has 0 radical (unpaired) electrons. The maximum Gasteiger partial charge on any atom is 0.275 e. The molecule has 0 fully saturated rings. The van der Waals surface area contributed by atoms with E-state index in [-0.39, 0.29) is 17.4 Å². The van der Waals surface area contributed by atoms with E-state index < -0.39 is 5.91 Å². The standard InChI is InChI=1S/C18H22ClN5O2/c1-2-3-15(19)16(20)18(26)22-13-7-6-11-4-5-12(8-9-25)17(23-24-21)14(11)10-13/h2-3,6-7,10,20,23-25H,1,4-5,8-9,21H2,(H,22,26)/b15-3+,20-16?. The summed E-state index contributed by atoms with van der Waals surface area (Å²) in [7, 11) is 0. The number of aliphatic hydroxyl groups excluding tert-OH is 1. The predicted octanol–water partition coefficient (Wildman–Crippen LogP) is 1.96. The van der Waals surface area contributed by atoms with Crippen molar-refractivity contribution < 1.29 is 9.90 Å². The molecule has 2 rings (SSSR count). The molecule has 26 heavy (non-hydrogen) atoms. The van der Waals surface area contributed by atoms with E-state index in [4.69, 9.17) is 22.9 Å². The first-order valence-corrected chi connectivity index (χ1v) is 8.45. The lowest BCUT2D eigenvalue weighted by molar-refractivity contribution is -0.110. The molecule has 0 unspecified atom stereocenters. The molecule has 1 aliphatic rings. The molecule has 1 aromatic carbocycles. The van der Waals surface area contributed by atoms with E-state index in [2.05, 4.69) is 22.9 Å². The lowest BCUT2D eigenvalue weighted by atomic mass is 9.88. The van der Waals surface area contributed by atoms with Gasteiger partial charge in [-0.05, 0) is 48.6 Å². The van der Waals surface area contributed by atoms with Gasteiger partial charge in [-0.1, -0.05) is 30.3 Å². The Bertz CT molecular complexity index is 786. The molecule has 0 aliphatic heterocycles. The van der Waals surface area contributed by atoms with Crippen LogP contribution in [0.2, 0.25) is 0 Å². The lowest BCUT2D eigenvalue weighted by Crippen LogP contribution is -2.38. The number of benzene rings is 1. The summed E-state index contributed by atoms with van der Waals surface area (Å²) in [5, 5.41) is 19.7. The van der Waals surface area contributed by atoms with Crippen molar-refractivity contribution in [3.63, 3.8) is 0 Å². The maximum atomic E-state index is 12.2. The number of aryl methyl sites for hydroxylation is 1. The third-order valence-corrected chi connectivity index (χ3v) is 4.34. The van der Waals surface area contributed by atoms with Gasteiger partial charge >= 0.3 is 0 Å². The van der Waals surface area contributed by atoms with Gasteiger partial charge in [-0.3, -0.25) is 16.0 Å². The number of hydrogen-bond acceptors (Lipinski definition) is 6. The maximum absolute atomic E-state index is 12.2. The summed E-state index contributed by atoms with van der Waals surface area (Å²) in [4.78, 5) is 12.2. The summed E-state index contributed by atoms with van der Waals surface area (Å²) in [5.41, 5.74) is 9.35. The number of hydrazine groups is 2. The number of hydrogen-bond donors (Lipinski definition) is 6. The second kappa shape index (κ2) is 9.30. The van der Waals surface area contributed by atoms with E-state index >= 15 is 0 Å². The first kappa shape index (κ1) is 19.9. The molecule has 0 atom stereocenters. The normalized spacial score (nSPS) is 13.9. The summed E-state index contributed by atoms with van der Waals surface area (Å²) in [6, 6.07) is 5.51. The predicted molar refractivity (Wildman–Crippen MR) is 104 cm³/mol. The van der Waals surface area contributed by atoms with Gasteiger partial charge in [-0.25, -0.2) is 0 Å². The van der Waals surface area contributed by atoms with Crippen molar-refractivity contribution in [2.45, 2.75) is 19.3 Å². The summed E-state index contributed by atoms with van der Waals surface area (Å²) >= 11 is 5.87. The van der Waals surface area contributed by atoms with Gasteiger partial charge in [-0.2, -0.15) is 5.53 Å². The molecule has 0 bridgehead atoms. The third kappa shape index (κ3) is 4.59. The van der Waals surface area contributed by atoms with Gasteiger partial charge < -0.3 is 15.8 Å². The number of carbonyl (C=O) groups is 1. The zero-order valence-electron chi connectivity index (χ0n) is 14.2. The fourth-order valence-electron chi connectivity index (χ4n) is 2.81. The molecule has 1 aliphatic carbocycles. The molecule has 138 valence electrons. The monoisotopic (exact) mass is 375 g/mol. The van der Waals surface area contributed by atoms with E-state index in [1.54, 1.807) is 6.07 Å². The van der Waals surface area contributed by atoms with Gasteiger partial charge in [-0.15, -0.1) is 0 Å². The minimum atomic E-state index is -0.616. The fourth-order valence-corrected chi connectivity index (χ4v) is 2.98. The number of allylic oxidation sites excluding steroid dienone is 2. The highest BCUT2D eigenvalue weighted by Gasteiger charge is 2.20. The number of nitrogens with two attached hydrogens (primary N) is 1. The Kier molecular flexibility index (Phi) is 7.11. The minimum Gasteiger partial charge on any atom is -0.396 e. The Labute approximate surface area is 157 Å². The Balaban J connectivity index is 2.30. The Morgan fingerprint density at radius 2 is 2.19 bits per heavy atom. The second-order valence-corrected chi connectivity index (χ2v) is 6.08. The number of nitrogens with one attached hydrogen (secondary N) is 4. The SMILES string of the molecule is C=C/C=C(/Cl)C(=N)C(=O)Nc1ccc2c(c1)C(NNN)=C(CCO)CC2. The summed E-state index contributed by atoms with van der Waals surface area (Å²) in [6.45, 7) is 3.53. The van der Waals surface area contributed by atoms with Crippen molar-refractivity contribution in [2.75, 3.05) is 11.9 Å². The Hall–Kier alpha value is -2.45.